The number of hydrazine groups is 1. The van der Waals surface area contributed by atoms with Crippen LogP contribution in [0.1, 0.15) is 24.8 Å². The first-order chi connectivity index (χ1) is 9.26. The summed E-state index contributed by atoms with van der Waals surface area (Å²) in [5.41, 5.74) is 2.65. The third-order valence-corrected chi connectivity index (χ3v) is 3.55. The Labute approximate surface area is 114 Å². The second-order valence-electron chi connectivity index (χ2n) is 5.00. The molecule has 1 amide bonds. The van der Waals surface area contributed by atoms with Gasteiger partial charge in [-0.15, -0.1) is 0 Å². The Balaban J connectivity index is 2.01. The van der Waals surface area contributed by atoms with Gasteiger partial charge in [-0.3, -0.25) is 15.6 Å². The molecule has 0 radical (unpaired) electrons. The van der Waals surface area contributed by atoms with E-state index in [0.29, 0.717) is 17.7 Å². The third kappa shape index (κ3) is 2.45. The minimum atomic E-state index is -3.87. The lowest BCUT2D eigenvalue weighted by Crippen LogP contribution is -2.61. The van der Waals surface area contributed by atoms with Gasteiger partial charge < -0.3 is 5.11 Å². The lowest BCUT2D eigenvalue weighted by atomic mass is 9.75. The van der Waals surface area contributed by atoms with E-state index in [4.69, 9.17) is 0 Å². The largest absolute Gasteiger partial charge is 0.383 e. The van der Waals surface area contributed by atoms with Gasteiger partial charge in [0.1, 0.15) is 11.4 Å². The van der Waals surface area contributed by atoms with E-state index >= 15 is 0 Å². The fraction of sp³-hybridized carbons (Fsp3) is 0.462. The minimum Gasteiger partial charge on any atom is -0.383 e. The average Bonchev–Trinajstić information content (AvgIpc) is 2.34. The Morgan fingerprint density at radius 2 is 2.05 bits per heavy atom. The van der Waals surface area contributed by atoms with E-state index in [0.717, 1.165) is 6.07 Å². The van der Waals surface area contributed by atoms with Crippen LogP contribution in [-0.2, 0) is 4.79 Å². The lowest BCUT2D eigenvalue weighted by molar-refractivity contribution is -0.215. The molecule has 1 aromatic carbocycles. The zero-order valence-electron chi connectivity index (χ0n) is 10.8. The van der Waals surface area contributed by atoms with Crippen LogP contribution in [0.2, 0.25) is 0 Å². The molecule has 3 N–H and O–H groups in total. The topological polar surface area (TPSA) is 61.4 Å². The number of amides is 1. The van der Waals surface area contributed by atoms with Gasteiger partial charge in [-0.2, -0.15) is 8.78 Å². The molecule has 1 fully saturated rings. The number of halogens is 3. The first kappa shape index (κ1) is 14.6. The normalized spacial score (nSPS) is 17.2. The molecule has 0 saturated heterocycles. The molecular weight excluding hydrogens is 273 g/mol. The third-order valence-electron chi connectivity index (χ3n) is 3.55. The Morgan fingerprint density at radius 3 is 2.55 bits per heavy atom. The highest BCUT2D eigenvalue weighted by Crippen LogP contribution is 2.44. The van der Waals surface area contributed by atoms with Crippen LogP contribution in [-0.4, -0.2) is 22.5 Å². The molecule has 2 rings (SSSR count). The van der Waals surface area contributed by atoms with Gasteiger partial charge in [0.05, 0.1) is 5.69 Å². The van der Waals surface area contributed by atoms with E-state index in [2.05, 4.69) is 5.43 Å². The fourth-order valence-corrected chi connectivity index (χ4v) is 2.01. The van der Waals surface area contributed by atoms with E-state index < -0.39 is 23.2 Å². The second-order valence-corrected chi connectivity index (χ2v) is 5.00. The van der Waals surface area contributed by atoms with Gasteiger partial charge >= 0.3 is 11.8 Å². The summed E-state index contributed by atoms with van der Waals surface area (Å²) in [6.07, 6.45) is 0.246. The van der Waals surface area contributed by atoms with Crippen LogP contribution in [0.25, 0.3) is 0 Å². The maximum absolute atomic E-state index is 13.8. The highest BCUT2D eigenvalue weighted by Gasteiger charge is 2.61. The molecule has 110 valence electrons. The maximum atomic E-state index is 13.8. The van der Waals surface area contributed by atoms with E-state index in [1.54, 1.807) is 6.92 Å². The van der Waals surface area contributed by atoms with Crippen molar-refractivity contribution in [3.8, 4) is 0 Å². The first-order valence-electron chi connectivity index (χ1n) is 6.19. The highest BCUT2D eigenvalue weighted by molar-refractivity contribution is 5.86. The van der Waals surface area contributed by atoms with Crippen molar-refractivity contribution in [2.24, 2.45) is 0 Å². The van der Waals surface area contributed by atoms with Crippen molar-refractivity contribution in [3.63, 3.8) is 0 Å². The van der Waals surface area contributed by atoms with E-state index in [-0.39, 0.29) is 12.8 Å². The summed E-state index contributed by atoms with van der Waals surface area (Å²) in [6, 6.07) is 3.66. The van der Waals surface area contributed by atoms with Gasteiger partial charge in [0.2, 0.25) is 0 Å². The monoisotopic (exact) mass is 288 g/mol. The highest BCUT2D eigenvalue weighted by atomic mass is 19.3. The molecule has 1 aliphatic rings. The summed E-state index contributed by atoms with van der Waals surface area (Å²) in [5, 5.41) is 9.61. The van der Waals surface area contributed by atoms with E-state index in [1.165, 1.54) is 12.1 Å². The number of aliphatic hydroxyl groups is 1. The summed E-state index contributed by atoms with van der Waals surface area (Å²) in [6.45, 7) is 1.56. The molecule has 1 aromatic rings. The summed E-state index contributed by atoms with van der Waals surface area (Å²) < 4.78 is 40.4. The number of rotatable bonds is 4. The van der Waals surface area contributed by atoms with Gasteiger partial charge in [-0.1, -0.05) is 0 Å². The Kier molecular flexibility index (Phi) is 3.64. The Bertz CT molecular complexity index is 530. The summed E-state index contributed by atoms with van der Waals surface area (Å²) >= 11 is 0. The van der Waals surface area contributed by atoms with Crippen molar-refractivity contribution >= 4 is 11.6 Å². The van der Waals surface area contributed by atoms with Crippen LogP contribution in [0.5, 0.6) is 0 Å². The summed E-state index contributed by atoms with van der Waals surface area (Å²) in [7, 11) is 0. The molecule has 1 saturated carbocycles. The molecule has 0 aliphatic heterocycles. The van der Waals surface area contributed by atoms with Gasteiger partial charge in [0, 0.05) is 0 Å². The smallest absolute Gasteiger partial charge is 0.354 e. The number of alkyl halides is 2. The molecule has 0 bridgehead atoms. The summed E-state index contributed by atoms with van der Waals surface area (Å²) in [5.74, 6) is -5.94. The van der Waals surface area contributed by atoms with Gasteiger partial charge in [-0.05, 0) is 49.9 Å². The molecule has 0 unspecified atom stereocenters. The maximum Gasteiger partial charge on any atom is 0.354 e. The van der Waals surface area contributed by atoms with Crippen molar-refractivity contribution in [2.75, 3.05) is 5.43 Å². The first-order valence-corrected chi connectivity index (χ1v) is 6.19. The number of carbonyl (C=O) groups is 1. The molecule has 7 heteroatoms. The van der Waals surface area contributed by atoms with Crippen LogP contribution in [0, 0.1) is 12.7 Å². The van der Waals surface area contributed by atoms with Gasteiger partial charge in [0.15, 0.2) is 0 Å². The molecule has 0 atom stereocenters. The van der Waals surface area contributed by atoms with E-state index in [1.807, 2.05) is 5.43 Å². The van der Waals surface area contributed by atoms with Crippen molar-refractivity contribution in [3.05, 3.63) is 29.6 Å². The van der Waals surface area contributed by atoms with Crippen molar-refractivity contribution in [1.29, 1.82) is 0 Å². The van der Waals surface area contributed by atoms with E-state index in [9.17, 15) is 23.1 Å². The second kappa shape index (κ2) is 4.97. The Hall–Kier alpha value is -1.76. The van der Waals surface area contributed by atoms with Crippen LogP contribution in [0.15, 0.2) is 18.2 Å². The zero-order chi connectivity index (χ0) is 15.0. The Morgan fingerprint density at radius 1 is 1.40 bits per heavy atom. The quantitative estimate of drug-likeness (QED) is 0.744. The van der Waals surface area contributed by atoms with Crippen LogP contribution in [0.4, 0.5) is 18.9 Å². The molecule has 0 aromatic heterocycles. The average molecular weight is 288 g/mol. The minimum absolute atomic E-state index is 0.108. The molecule has 1 aliphatic carbocycles. The van der Waals surface area contributed by atoms with Crippen molar-refractivity contribution in [2.45, 2.75) is 37.7 Å². The number of anilines is 1. The summed E-state index contributed by atoms with van der Waals surface area (Å²) in [4.78, 5) is 11.5. The number of carbonyl (C=O) groups excluding carboxylic acids is 1. The molecule has 4 nitrogen and oxygen atoms in total. The number of benzene rings is 1. The standard InChI is InChI=1S/C13H15F3N2O2/c1-8-7-9(14)3-4-10(8)17-18-11(19)13(15,16)12(20)5-2-6-12/h3-4,7,17,20H,2,5-6H2,1H3,(H,18,19). The molecule has 0 spiro atoms. The zero-order valence-corrected chi connectivity index (χ0v) is 10.8. The molecule has 0 heterocycles. The lowest BCUT2D eigenvalue weighted by Gasteiger charge is -2.41. The predicted molar refractivity (Wildman–Crippen MR) is 66.7 cm³/mol. The van der Waals surface area contributed by atoms with Gasteiger partial charge in [-0.25, -0.2) is 4.39 Å². The molecular formula is C13H15F3N2O2. The van der Waals surface area contributed by atoms with Crippen LogP contribution >= 0.6 is 0 Å². The number of hydrogen-bond donors (Lipinski definition) is 3. The van der Waals surface area contributed by atoms with Crippen molar-refractivity contribution < 1.29 is 23.1 Å². The number of nitrogens with one attached hydrogen (secondary N) is 2. The van der Waals surface area contributed by atoms with Crippen LogP contribution < -0.4 is 10.9 Å². The predicted octanol–water partition coefficient (Wildman–Crippen LogP) is 2.13. The number of aryl methyl sites for hydroxylation is 1. The van der Waals surface area contributed by atoms with Crippen molar-refractivity contribution in [1.82, 2.24) is 5.43 Å². The fourth-order valence-electron chi connectivity index (χ4n) is 2.01. The molecule has 20 heavy (non-hydrogen) atoms. The number of hydrogen-bond acceptors (Lipinski definition) is 3. The van der Waals surface area contributed by atoms with Crippen LogP contribution in [0.3, 0.4) is 0 Å². The van der Waals surface area contributed by atoms with Gasteiger partial charge in [0.25, 0.3) is 0 Å². The SMILES string of the molecule is Cc1cc(F)ccc1NNC(=O)C(F)(F)C1(O)CCC1.